The van der Waals surface area contributed by atoms with Gasteiger partial charge in [-0.15, -0.1) is 0 Å². The highest BCUT2D eigenvalue weighted by Crippen LogP contribution is 2.49. The second-order valence-electron chi connectivity index (χ2n) is 7.99. The van der Waals surface area contributed by atoms with Gasteiger partial charge in [-0.3, -0.25) is 9.69 Å². The van der Waals surface area contributed by atoms with Crippen molar-refractivity contribution >= 4 is 29.0 Å². The molecule has 2 aromatic carbocycles. The van der Waals surface area contributed by atoms with Crippen LogP contribution in [0.4, 0.5) is 18.9 Å². The molecule has 0 fully saturated rings. The number of nitrogens with two attached hydrogens (primary N) is 1. The van der Waals surface area contributed by atoms with Gasteiger partial charge >= 0.3 is 12.1 Å². The molecule has 0 unspecified atom stereocenters. The number of carbonyl (C=O) groups excluding carboxylic acids is 2. The summed E-state index contributed by atoms with van der Waals surface area (Å²) < 4.78 is 47.0. The van der Waals surface area contributed by atoms with Gasteiger partial charge in [0.2, 0.25) is 0 Å². The van der Waals surface area contributed by atoms with Gasteiger partial charge in [0, 0.05) is 22.7 Å². The summed E-state index contributed by atoms with van der Waals surface area (Å²) in [6, 6.07) is 11.5. The standard InChI is InChI=1S/C25H22ClF3N2O3/c1-2-34-24(33)22-20(14-10-12-15(26)13-11-14)21-18(8-5-9-19(21)32)31(23(22)30)17-7-4-3-6-16(17)25(27,28)29/h3-4,6-7,10-13,20H,2,5,8-9,30H2,1H3/t20-/m0/s1. The Morgan fingerprint density at radius 1 is 1.15 bits per heavy atom. The Kier molecular flexibility index (Phi) is 6.45. The van der Waals surface area contributed by atoms with E-state index in [1.807, 2.05) is 0 Å². The third kappa shape index (κ3) is 4.18. The van der Waals surface area contributed by atoms with E-state index in [2.05, 4.69) is 0 Å². The van der Waals surface area contributed by atoms with Crippen LogP contribution in [0.15, 0.2) is 71.2 Å². The minimum Gasteiger partial charge on any atom is -0.463 e. The summed E-state index contributed by atoms with van der Waals surface area (Å²) in [5, 5.41) is 0.458. The number of hydrogen-bond acceptors (Lipinski definition) is 5. The molecule has 1 aliphatic carbocycles. The number of allylic oxidation sites excluding steroid dienone is 2. The SMILES string of the molecule is CCOC(=O)C1=C(N)N(c2ccccc2C(F)(F)F)C2=C(C(=O)CCC2)[C@@H]1c1ccc(Cl)cc1. The zero-order valence-electron chi connectivity index (χ0n) is 18.3. The van der Waals surface area contributed by atoms with E-state index < -0.39 is 23.6 Å². The molecule has 34 heavy (non-hydrogen) atoms. The van der Waals surface area contributed by atoms with E-state index in [1.54, 1.807) is 31.2 Å². The van der Waals surface area contributed by atoms with Gasteiger partial charge in [0.15, 0.2) is 5.78 Å². The molecule has 0 aromatic heterocycles. The number of ketones is 1. The van der Waals surface area contributed by atoms with Crippen molar-refractivity contribution in [3.63, 3.8) is 0 Å². The van der Waals surface area contributed by atoms with E-state index in [0.29, 0.717) is 29.1 Å². The van der Waals surface area contributed by atoms with E-state index >= 15 is 0 Å². The topological polar surface area (TPSA) is 72.6 Å². The van der Waals surface area contributed by atoms with Crippen LogP contribution in [0.3, 0.4) is 0 Å². The third-order valence-corrected chi connectivity index (χ3v) is 6.19. The highest BCUT2D eigenvalue weighted by molar-refractivity contribution is 6.30. The van der Waals surface area contributed by atoms with Gasteiger partial charge in [-0.05, 0) is 49.6 Å². The molecule has 0 amide bonds. The van der Waals surface area contributed by atoms with Gasteiger partial charge in [0.05, 0.1) is 29.3 Å². The first-order valence-electron chi connectivity index (χ1n) is 10.8. The summed E-state index contributed by atoms with van der Waals surface area (Å²) in [4.78, 5) is 27.6. The largest absolute Gasteiger partial charge is 0.463 e. The minimum absolute atomic E-state index is 0.0297. The van der Waals surface area contributed by atoms with Crippen molar-refractivity contribution in [2.75, 3.05) is 11.5 Å². The first-order valence-corrected chi connectivity index (χ1v) is 11.2. The number of Topliss-reactive ketones (excluding diaryl/α,β-unsaturated/α-hetero) is 1. The highest BCUT2D eigenvalue weighted by atomic mass is 35.5. The summed E-state index contributed by atoms with van der Waals surface area (Å²) in [6.45, 7) is 1.64. The van der Waals surface area contributed by atoms with Crippen molar-refractivity contribution in [2.24, 2.45) is 5.73 Å². The number of anilines is 1. The number of para-hydroxylation sites is 1. The Balaban J connectivity index is 2.03. The molecule has 178 valence electrons. The van der Waals surface area contributed by atoms with E-state index in [1.165, 1.54) is 23.1 Å². The zero-order valence-corrected chi connectivity index (χ0v) is 19.0. The molecule has 5 nitrogen and oxygen atoms in total. The minimum atomic E-state index is -4.67. The average Bonchev–Trinajstić information content (AvgIpc) is 2.78. The highest BCUT2D eigenvalue weighted by Gasteiger charge is 2.45. The average molecular weight is 491 g/mol. The molecule has 0 radical (unpaired) electrons. The lowest BCUT2D eigenvalue weighted by Crippen LogP contribution is -2.41. The Labute approximate surface area is 199 Å². The molecule has 2 N–H and O–H groups in total. The predicted molar refractivity (Wildman–Crippen MR) is 122 cm³/mol. The first-order chi connectivity index (χ1) is 16.1. The Hall–Kier alpha value is -3.26. The van der Waals surface area contributed by atoms with Gasteiger partial charge in [0.1, 0.15) is 5.82 Å². The van der Waals surface area contributed by atoms with E-state index in [0.717, 1.165) is 6.07 Å². The Morgan fingerprint density at radius 2 is 1.82 bits per heavy atom. The van der Waals surface area contributed by atoms with Crippen LogP contribution in [0.5, 0.6) is 0 Å². The van der Waals surface area contributed by atoms with Crippen molar-refractivity contribution < 1.29 is 27.5 Å². The van der Waals surface area contributed by atoms with Crippen molar-refractivity contribution in [1.82, 2.24) is 0 Å². The molecule has 1 heterocycles. The quantitative estimate of drug-likeness (QED) is 0.556. The van der Waals surface area contributed by atoms with Gasteiger partial charge in [-0.1, -0.05) is 35.9 Å². The number of benzene rings is 2. The smallest absolute Gasteiger partial charge is 0.418 e. The van der Waals surface area contributed by atoms with E-state index in [-0.39, 0.29) is 41.5 Å². The normalized spacial score (nSPS) is 18.8. The second kappa shape index (κ2) is 9.18. The number of carbonyl (C=O) groups is 2. The summed E-state index contributed by atoms with van der Waals surface area (Å²) in [7, 11) is 0. The van der Waals surface area contributed by atoms with Crippen LogP contribution in [-0.4, -0.2) is 18.4 Å². The maximum absolute atomic E-state index is 13.9. The lowest BCUT2D eigenvalue weighted by Gasteiger charge is -2.41. The van der Waals surface area contributed by atoms with Crippen molar-refractivity contribution in [3.8, 4) is 0 Å². The molecule has 2 aliphatic rings. The molecule has 1 aliphatic heterocycles. The molecule has 4 rings (SSSR count). The van der Waals surface area contributed by atoms with Gasteiger partial charge in [-0.2, -0.15) is 13.2 Å². The molecule has 0 saturated heterocycles. The van der Waals surface area contributed by atoms with Crippen molar-refractivity contribution in [3.05, 3.63) is 87.3 Å². The Morgan fingerprint density at radius 3 is 2.47 bits per heavy atom. The van der Waals surface area contributed by atoms with E-state index in [9.17, 15) is 22.8 Å². The van der Waals surface area contributed by atoms with Crippen molar-refractivity contribution in [1.29, 1.82) is 0 Å². The fourth-order valence-electron chi connectivity index (χ4n) is 4.57. The number of ether oxygens (including phenoxy) is 1. The van der Waals surface area contributed by atoms with Crippen LogP contribution >= 0.6 is 11.6 Å². The second-order valence-corrected chi connectivity index (χ2v) is 8.43. The number of alkyl halides is 3. The number of halogens is 4. The summed E-state index contributed by atoms with van der Waals surface area (Å²) in [5.41, 5.74) is 6.42. The number of nitrogens with zero attached hydrogens (tertiary/aromatic N) is 1. The summed E-state index contributed by atoms with van der Waals surface area (Å²) >= 11 is 6.04. The lowest BCUT2D eigenvalue weighted by molar-refractivity contribution is -0.139. The van der Waals surface area contributed by atoms with Crippen LogP contribution in [0.1, 0.15) is 43.2 Å². The molecule has 2 aromatic rings. The maximum atomic E-state index is 13.9. The van der Waals surface area contributed by atoms with E-state index in [4.69, 9.17) is 22.1 Å². The molecule has 0 spiro atoms. The van der Waals surface area contributed by atoms with Crippen LogP contribution in [-0.2, 0) is 20.5 Å². The predicted octanol–water partition coefficient (Wildman–Crippen LogP) is 5.70. The number of esters is 1. The van der Waals surface area contributed by atoms with Gasteiger partial charge < -0.3 is 10.5 Å². The molecule has 1 atom stereocenters. The molecular formula is C25H22ClF3N2O3. The van der Waals surface area contributed by atoms with Gasteiger partial charge in [-0.25, -0.2) is 4.79 Å². The summed E-state index contributed by atoms with van der Waals surface area (Å²) in [5.74, 6) is -2.11. The van der Waals surface area contributed by atoms with Crippen LogP contribution in [0, 0.1) is 0 Å². The first kappa shape index (κ1) is 23.9. The third-order valence-electron chi connectivity index (χ3n) is 5.94. The van der Waals surface area contributed by atoms with Crippen molar-refractivity contribution in [2.45, 2.75) is 38.3 Å². The van der Waals surface area contributed by atoms with Crippen LogP contribution in [0.2, 0.25) is 5.02 Å². The Bertz CT molecular complexity index is 1200. The van der Waals surface area contributed by atoms with Gasteiger partial charge in [0.25, 0.3) is 0 Å². The number of hydrogen-bond donors (Lipinski definition) is 1. The monoisotopic (exact) mass is 490 g/mol. The molecular weight excluding hydrogens is 469 g/mol. The number of rotatable bonds is 4. The zero-order chi connectivity index (χ0) is 24.6. The molecule has 9 heteroatoms. The lowest BCUT2D eigenvalue weighted by atomic mass is 9.75. The fraction of sp³-hybridized carbons (Fsp3) is 0.280. The molecule has 0 saturated carbocycles. The van der Waals surface area contributed by atoms with Crippen LogP contribution in [0.25, 0.3) is 0 Å². The summed E-state index contributed by atoms with van der Waals surface area (Å²) in [6.07, 6.45) is -3.67. The van der Waals surface area contributed by atoms with Crippen LogP contribution < -0.4 is 10.6 Å². The fourth-order valence-corrected chi connectivity index (χ4v) is 4.69. The molecule has 0 bridgehead atoms. The maximum Gasteiger partial charge on any atom is 0.418 e.